The summed E-state index contributed by atoms with van der Waals surface area (Å²) in [7, 11) is 1.65. The molecule has 0 N–H and O–H groups in total. The van der Waals surface area contributed by atoms with Gasteiger partial charge >= 0.3 is 0 Å². The summed E-state index contributed by atoms with van der Waals surface area (Å²) in [5.74, 6) is 0.911. The van der Waals surface area contributed by atoms with Crippen molar-refractivity contribution in [3.8, 4) is 17.5 Å². The predicted molar refractivity (Wildman–Crippen MR) is 99.1 cm³/mol. The number of thioether (sulfide) groups is 1. The van der Waals surface area contributed by atoms with Gasteiger partial charge in [0.2, 0.25) is 5.91 Å². The van der Waals surface area contributed by atoms with Crippen molar-refractivity contribution in [2.24, 2.45) is 0 Å². The Morgan fingerprint density at radius 1 is 1.36 bits per heavy atom. The first kappa shape index (κ1) is 19.0. The average molecular weight is 357 g/mol. The molecule has 0 spiro atoms. The third-order valence-corrected chi connectivity index (χ3v) is 5.18. The summed E-state index contributed by atoms with van der Waals surface area (Å²) in [6, 6.07) is 10.2. The van der Waals surface area contributed by atoms with Gasteiger partial charge in [-0.15, -0.1) is 10.2 Å². The highest BCUT2D eigenvalue weighted by atomic mass is 32.2. The van der Waals surface area contributed by atoms with E-state index in [1.165, 1.54) is 16.7 Å². The van der Waals surface area contributed by atoms with Crippen LogP contribution in [0.1, 0.15) is 26.3 Å². The van der Waals surface area contributed by atoms with Gasteiger partial charge < -0.3 is 9.47 Å². The fraction of sp³-hybridized carbons (Fsp3) is 0.444. The van der Waals surface area contributed by atoms with Gasteiger partial charge in [-0.2, -0.15) is 5.26 Å². The van der Waals surface area contributed by atoms with Crippen molar-refractivity contribution in [3.05, 3.63) is 29.8 Å². The molecule has 6 nitrogen and oxygen atoms in total. The minimum absolute atomic E-state index is 0.111. The van der Waals surface area contributed by atoms with Gasteiger partial charge in [0.25, 0.3) is 0 Å². The van der Waals surface area contributed by atoms with E-state index in [9.17, 15) is 4.79 Å². The molecule has 1 amide bonds. The largest absolute Gasteiger partial charge is 0.327 e. The number of carbonyl (C=O) groups is 1. The Balaban J connectivity index is 2.19. The summed E-state index contributed by atoms with van der Waals surface area (Å²) in [4.78, 5) is 13.8. The molecule has 1 aromatic carbocycles. The van der Waals surface area contributed by atoms with E-state index >= 15 is 0 Å². The number of nitrogens with zero attached hydrogens (tertiary/aromatic N) is 5. The zero-order valence-corrected chi connectivity index (χ0v) is 16.1. The van der Waals surface area contributed by atoms with E-state index in [4.69, 9.17) is 5.26 Å². The van der Waals surface area contributed by atoms with Crippen molar-refractivity contribution in [1.82, 2.24) is 19.7 Å². The first-order chi connectivity index (χ1) is 11.8. The molecule has 1 heterocycles. The molecule has 0 radical (unpaired) electrons. The van der Waals surface area contributed by atoms with Crippen LogP contribution in [0, 0.1) is 18.3 Å². The molecule has 0 atom stereocenters. The van der Waals surface area contributed by atoms with Crippen molar-refractivity contribution < 1.29 is 4.79 Å². The number of nitriles is 1. The van der Waals surface area contributed by atoms with Crippen LogP contribution in [0.2, 0.25) is 0 Å². The van der Waals surface area contributed by atoms with Crippen LogP contribution >= 0.6 is 11.8 Å². The Kier molecular flexibility index (Phi) is 5.85. The summed E-state index contributed by atoms with van der Waals surface area (Å²) in [6.07, 6.45) is 0. The molecule has 7 heteroatoms. The van der Waals surface area contributed by atoms with Crippen molar-refractivity contribution in [3.63, 3.8) is 0 Å². The maximum atomic E-state index is 12.3. The molecular formula is C18H23N5OS. The lowest BCUT2D eigenvalue weighted by molar-refractivity contribution is -0.130. The lowest BCUT2D eigenvalue weighted by Gasteiger charge is -2.28. The third-order valence-electron chi connectivity index (χ3n) is 4.23. The highest BCUT2D eigenvalue weighted by Gasteiger charge is 2.27. The molecule has 0 fully saturated rings. The molecule has 0 aliphatic heterocycles. The van der Waals surface area contributed by atoms with Gasteiger partial charge in [-0.05, 0) is 33.3 Å². The molecule has 0 bridgehead atoms. The monoisotopic (exact) mass is 357 g/mol. The van der Waals surface area contributed by atoms with Gasteiger partial charge in [0.1, 0.15) is 5.54 Å². The first-order valence-electron chi connectivity index (χ1n) is 8.11. The van der Waals surface area contributed by atoms with Gasteiger partial charge in [-0.3, -0.25) is 4.79 Å². The average Bonchev–Trinajstić information content (AvgIpc) is 3.01. The summed E-state index contributed by atoms with van der Waals surface area (Å²) in [5.41, 5.74) is 1.34. The van der Waals surface area contributed by atoms with Crippen molar-refractivity contribution in [2.45, 2.75) is 44.9 Å². The lowest BCUT2D eigenvalue weighted by atomic mass is 10.1. The predicted octanol–water partition coefficient (Wildman–Crippen LogP) is 3.13. The molecule has 0 saturated carbocycles. The van der Waals surface area contributed by atoms with E-state index < -0.39 is 5.54 Å². The molecule has 0 unspecified atom stereocenters. The molecule has 2 aromatic rings. The summed E-state index contributed by atoms with van der Waals surface area (Å²) >= 11 is 1.34. The van der Waals surface area contributed by atoms with Crippen LogP contribution in [0.4, 0.5) is 0 Å². The van der Waals surface area contributed by atoms with E-state index in [2.05, 4.69) is 16.3 Å². The summed E-state index contributed by atoms with van der Waals surface area (Å²) in [5, 5.41) is 18.4. The quantitative estimate of drug-likeness (QED) is 0.743. The zero-order chi connectivity index (χ0) is 18.6. The minimum atomic E-state index is -0.831. The Hall–Kier alpha value is -2.33. The molecule has 25 heavy (non-hydrogen) atoms. The normalized spacial score (nSPS) is 11.2. The number of aromatic nitrogens is 3. The number of hydrogen-bond acceptors (Lipinski definition) is 5. The van der Waals surface area contributed by atoms with E-state index in [0.29, 0.717) is 11.7 Å². The summed E-state index contributed by atoms with van der Waals surface area (Å²) < 4.78 is 2.01. The van der Waals surface area contributed by atoms with Crippen LogP contribution in [0.3, 0.4) is 0 Å². The van der Waals surface area contributed by atoms with Gasteiger partial charge in [0.05, 0.1) is 11.8 Å². The number of amides is 1. The zero-order valence-electron chi connectivity index (χ0n) is 15.3. The second-order valence-electron chi connectivity index (χ2n) is 6.28. The Bertz CT molecular complexity index is 806. The van der Waals surface area contributed by atoms with E-state index in [1.807, 2.05) is 42.7 Å². The van der Waals surface area contributed by atoms with Crippen LogP contribution in [-0.2, 0) is 11.3 Å². The SMILES string of the molecule is CCn1c(SCC(=O)N(C)C(C)(C)C#N)nnc1-c1ccccc1C. The van der Waals surface area contributed by atoms with Gasteiger partial charge in [0.15, 0.2) is 11.0 Å². The fourth-order valence-corrected chi connectivity index (χ4v) is 3.23. The van der Waals surface area contributed by atoms with E-state index in [-0.39, 0.29) is 11.7 Å². The number of rotatable bonds is 6. The van der Waals surface area contributed by atoms with Crippen LogP contribution in [0.25, 0.3) is 11.4 Å². The highest BCUT2D eigenvalue weighted by molar-refractivity contribution is 7.99. The number of aryl methyl sites for hydroxylation is 1. The molecule has 0 saturated heterocycles. The molecule has 2 rings (SSSR count). The van der Waals surface area contributed by atoms with Crippen LogP contribution in [0.15, 0.2) is 29.4 Å². The second kappa shape index (κ2) is 7.70. The number of carbonyl (C=O) groups excluding carboxylic acids is 1. The maximum Gasteiger partial charge on any atom is 0.234 e. The maximum absolute atomic E-state index is 12.3. The molecule has 132 valence electrons. The van der Waals surface area contributed by atoms with Crippen LogP contribution in [0.5, 0.6) is 0 Å². The van der Waals surface area contributed by atoms with E-state index in [1.54, 1.807) is 20.9 Å². The highest BCUT2D eigenvalue weighted by Crippen LogP contribution is 2.26. The number of hydrogen-bond donors (Lipinski definition) is 0. The Labute approximate surface area is 152 Å². The lowest BCUT2D eigenvalue weighted by Crippen LogP contribution is -2.44. The van der Waals surface area contributed by atoms with E-state index in [0.717, 1.165) is 17.0 Å². The van der Waals surface area contributed by atoms with Crippen molar-refractivity contribution in [2.75, 3.05) is 12.8 Å². The topological polar surface area (TPSA) is 74.8 Å². The van der Waals surface area contributed by atoms with Gasteiger partial charge in [-0.25, -0.2) is 0 Å². The standard InChI is InChI=1S/C18H23N5OS/c1-6-23-16(14-10-8-7-9-13(14)2)20-21-17(23)25-11-15(24)22(5)18(3,4)12-19/h7-10H,6,11H2,1-5H3. The molecule has 1 aromatic heterocycles. The van der Waals surface area contributed by atoms with Crippen molar-refractivity contribution >= 4 is 17.7 Å². The van der Waals surface area contributed by atoms with Crippen molar-refractivity contribution in [1.29, 1.82) is 5.26 Å². The molecular weight excluding hydrogens is 334 g/mol. The number of benzene rings is 1. The second-order valence-corrected chi connectivity index (χ2v) is 7.22. The molecule has 0 aliphatic rings. The van der Waals surface area contributed by atoms with Crippen LogP contribution < -0.4 is 0 Å². The summed E-state index contributed by atoms with van der Waals surface area (Å²) in [6.45, 7) is 8.23. The van der Waals surface area contributed by atoms with Gasteiger partial charge in [0, 0.05) is 19.2 Å². The Morgan fingerprint density at radius 2 is 2.04 bits per heavy atom. The minimum Gasteiger partial charge on any atom is -0.327 e. The third kappa shape index (κ3) is 4.02. The molecule has 0 aliphatic carbocycles. The van der Waals surface area contributed by atoms with Crippen LogP contribution in [-0.4, -0.2) is 43.9 Å². The smallest absolute Gasteiger partial charge is 0.234 e. The Morgan fingerprint density at radius 3 is 2.64 bits per heavy atom. The fourth-order valence-electron chi connectivity index (χ4n) is 2.31. The first-order valence-corrected chi connectivity index (χ1v) is 9.10. The van der Waals surface area contributed by atoms with Gasteiger partial charge in [-0.1, -0.05) is 36.0 Å².